The first-order chi connectivity index (χ1) is 13.5. The van der Waals surface area contributed by atoms with Gasteiger partial charge in [0.15, 0.2) is 0 Å². The van der Waals surface area contributed by atoms with E-state index in [1.807, 2.05) is 4.98 Å². The van der Waals surface area contributed by atoms with Gasteiger partial charge in [0, 0.05) is 17.6 Å². The Kier molecular flexibility index (Phi) is 10.8. The molecular formula is C15H23BrFN3O8P+. The molecule has 0 aromatic carbocycles. The second kappa shape index (κ2) is 12.3. The number of alkyl halides is 2. The molecule has 0 amide bonds. The molecule has 11 nitrogen and oxygen atoms in total. The fraction of sp³-hybridized carbons (Fsp3) is 0.667. The number of aromatic nitrogens is 2. The lowest BCUT2D eigenvalue weighted by atomic mass is 10.4. The summed E-state index contributed by atoms with van der Waals surface area (Å²) in [5, 5.41) is 11.6. The van der Waals surface area contributed by atoms with Gasteiger partial charge in [-0.05, 0) is 25.3 Å². The lowest BCUT2D eigenvalue weighted by Crippen LogP contribution is -2.39. The van der Waals surface area contributed by atoms with E-state index in [0.717, 1.165) is 16.8 Å². The number of aromatic amines is 1. The molecule has 1 aromatic heterocycles. The molecule has 1 rings (SSSR count). The molecule has 0 saturated carbocycles. The zero-order chi connectivity index (χ0) is 22.1. The van der Waals surface area contributed by atoms with Gasteiger partial charge in [-0.15, -0.1) is 4.52 Å². The highest BCUT2D eigenvalue weighted by molar-refractivity contribution is 9.09. The fourth-order valence-corrected chi connectivity index (χ4v) is 3.18. The number of rotatable bonds is 12. The summed E-state index contributed by atoms with van der Waals surface area (Å²) in [6.45, 7) is 4.05. The molecule has 0 spiro atoms. The van der Waals surface area contributed by atoms with Crippen molar-refractivity contribution in [3.63, 3.8) is 0 Å². The zero-order valence-corrected chi connectivity index (χ0v) is 18.4. The van der Waals surface area contributed by atoms with Gasteiger partial charge in [0.25, 0.3) is 5.56 Å². The number of carbonyl (C=O) groups is 1. The van der Waals surface area contributed by atoms with Crippen LogP contribution in [0.15, 0.2) is 21.9 Å². The number of hydrogen-bond acceptors (Lipinski definition) is 8. The number of aliphatic hydroxyl groups is 1. The highest BCUT2D eigenvalue weighted by atomic mass is 79.9. The van der Waals surface area contributed by atoms with Crippen LogP contribution in [0.3, 0.4) is 0 Å². The summed E-state index contributed by atoms with van der Waals surface area (Å²) in [6.07, 6.45) is -4.47. The van der Waals surface area contributed by atoms with E-state index in [9.17, 15) is 28.4 Å². The Labute approximate surface area is 174 Å². The van der Waals surface area contributed by atoms with Crippen LogP contribution in [0.5, 0.6) is 0 Å². The number of halogens is 2. The van der Waals surface area contributed by atoms with Gasteiger partial charge in [0.05, 0.1) is 6.10 Å². The van der Waals surface area contributed by atoms with Gasteiger partial charge in [-0.3, -0.25) is 19.1 Å². The highest BCUT2D eigenvalue weighted by Gasteiger charge is 2.32. The van der Waals surface area contributed by atoms with Crippen molar-refractivity contribution in [1.82, 2.24) is 14.6 Å². The number of hydrogen-bond donors (Lipinski definition) is 3. The van der Waals surface area contributed by atoms with E-state index in [1.165, 1.54) is 6.92 Å². The van der Waals surface area contributed by atoms with Crippen molar-refractivity contribution in [3.05, 3.63) is 33.1 Å². The predicted molar refractivity (Wildman–Crippen MR) is 104 cm³/mol. The van der Waals surface area contributed by atoms with Crippen molar-refractivity contribution in [2.45, 2.75) is 51.6 Å². The molecule has 0 aliphatic carbocycles. The molecule has 0 fully saturated rings. The molecule has 0 aliphatic rings. The third-order valence-electron chi connectivity index (χ3n) is 3.29. The lowest BCUT2D eigenvalue weighted by molar-refractivity contribution is -0.151. The maximum absolute atomic E-state index is 13.5. The summed E-state index contributed by atoms with van der Waals surface area (Å²) in [5.41, 5.74) is -1.43. The molecule has 1 aromatic rings. The van der Waals surface area contributed by atoms with E-state index in [2.05, 4.69) is 21.0 Å². The lowest BCUT2D eigenvalue weighted by Gasteiger charge is -2.23. The summed E-state index contributed by atoms with van der Waals surface area (Å²) < 4.78 is 41.6. The van der Waals surface area contributed by atoms with Gasteiger partial charge in [-0.25, -0.2) is 9.18 Å². The number of esters is 1. The zero-order valence-electron chi connectivity index (χ0n) is 15.9. The minimum atomic E-state index is -2.62. The predicted octanol–water partition coefficient (Wildman–Crippen LogP) is 0.707. The van der Waals surface area contributed by atoms with Crippen molar-refractivity contribution in [2.75, 3.05) is 11.9 Å². The summed E-state index contributed by atoms with van der Waals surface area (Å²) in [7, 11) is -2.62. The number of nitrogens with one attached hydrogen (secondary N) is 2. The maximum Gasteiger partial charge on any atom is 0.613 e. The Morgan fingerprint density at radius 1 is 1.41 bits per heavy atom. The molecule has 164 valence electrons. The number of nitrogens with zero attached hydrogens (tertiary/aromatic N) is 1. The first-order valence-corrected chi connectivity index (χ1v) is 10.8. The Morgan fingerprint density at radius 3 is 2.59 bits per heavy atom. The molecule has 3 N–H and O–H groups in total. The van der Waals surface area contributed by atoms with Gasteiger partial charge in [-0.2, -0.15) is 0 Å². The van der Waals surface area contributed by atoms with Crippen LogP contribution in [0, 0.1) is 0 Å². The third-order valence-corrected chi connectivity index (χ3v) is 4.83. The standard InChI is InChI=1S/C15H22BrFN3O8P/c1-8(2)27-14(23)9(3)19-29(25)26-7-10(13(17)22)28-12(6-16)20-5-4-11(21)18-15(20)24/h4-5,8-10,12-13,22H,6-7H2,1-3H3,(H-,18,19,21,24,25)/p+1/t9-,10+,12+,13+/m0/s1. The van der Waals surface area contributed by atoms with Crippen LogP contribution < -0.4 is 16.3 Å². The van der Waals surface area contributed by atoms with Gasteiger partial charge in [0.1, 0.15) is 25.0 Å². The minimum absolute atomic E-state index is 0.00460. The molecule has 14 heteroatoms. The van der Waals surface area contributed by atoms with E-state index in [1.54, 1.807) is 13.8 Å². The van der Waals surface area contributed by atoms with Crippen LogP contribution in [-0.2, 0) is 23.4 Å². The summed E-state index contributed by atoms with van der Waals surface area (Å²) in [5.74, 6) is -0.651. The van der Waals surface area contributed by atoms with Crippen molar-refractivity contribution < 1.29 is 32.9 Å². The van der Waals surface area contributed by atoms with E-state index in [0.29, 0.717) is 0 Å². The van der Waals surface area contributed by atoms with E-state index in [4.69, 9.17) is 14.0 Å². The molecule has 1 unspecified atom stereocenters. The molecule has 0 radical (unpaired) electrons. The Bertz CT molecular complexity index is 802. The van der Waals surface area contributed by atoms with Crippen molar-refractivity contribution in [3.8, 4) is 0 Å². The van der Waals surface area contributed by atoms with Crippen molar-refractivity contribution in [2.24, 2.45) is 0 Å². The van der Waals surface area contributed by atoms with Crippen molar-refractivity contribution in [1.29, 1.82) is 0 Å². The van der Waals surface area contributed by atoms with Crippen LogP contribution in [0.25, 0.3) is 0 Å². The van der Waals surface area contributed by atoms with E-state index < -0.39 is 56.7 Å². The quantitative estimate of drug-likeness (QED) is 0.213. The van der Waals surface area contributed by atoms with Gasteiger partial charge in [0.2, 0.25) is 6.36 Å². The smallest absolute Gasteiger partial charge is 0.462 e. The van der Waals surface area contributed by atoms with Crippen LogP contribution in [0.4, 0.5) is 4.39 Å². The first-order valence-electron chi connectivity index (χ1n) is 8.47. The van der Waals surface area contributed by atoms with E-state index in [-0.39, 0.29) is 11.4 Å². The van der Waals surface area contributed by atoms with Gasteiger partial charge < -0.3 is 14.6 Å². The molecule has 0 aliphatic heterocycles. The van der Waals surface area contributed by atoms with Gasteiger partial charge >= 0.3 is 19.8 Å². The molecule has 0 bridgehead atoms. The average Bonchev–Trinajstić information content (AvgIpc) is 2.61. The molecule has 29 heavy (non-hydrogen) atoms. The van der Waals surface area contributed by atoms with Crippen LogP contribution in [0.2, 0.25) is 0 Å². The Hall–Kier alpha value is -1.50. The highest BCUT2D eigenvalue weighted by Crippen LogP contribution is 2.22. The SMILES string of the molecule is CC(C)OC(=O)[C@H](C)N[P+](=O)OC[C@@H](O[C@H](CBr)n1ccc(=O)[nH]c1=O)[C@@H](O)F. The first kappa shape index (κ1) is 25.5. The third kappa shape index (κ3) is 8.81. The van der Waals surface area contributed by atoms with Crippen LogP contribution >= 0.6 is 24.1 Å². The van der Waals surface area contributed by atoms with Crippen LogP contribution in [0.1, 0.15) is 27.0 Å². The topological polar surface area (TPSA) is 149 Å². The molecule has 1 heterocycles. The monoisotopic (exact) mass is 502 g/mol. The largest absolute Gasteiger partial charge is 0.613 e. The summed E-state index contributed by atoms with van der Waals surface area (Å²) in [4.78, 5) is 36.7. The number of ether oxygens (including phenoxy) is 2. The number of aliphatic hydroxyl groups excluding tert-OH is 1. The maximum atomic E-state index is 13.5. The number of H-pyrrole nitrogens is 1. The Balaban J connectivity index is 2.70. The molecule has 5 atom stereocenters. The van der Waals surface area contributed by atoms with Crippen LogP contribution in [-0.4, -0.2) is 57.2 Å². The Morgan fingerprint density at radius 2 is 2.07 bits per heavy atom. The molecular weight excluding hydrogens is 480 g/mol. The summed E-state index contributed by atoms with van der Waals surface area (Å²) in [6, 6.07) is 0.113. The second-order valence-electron chi connectivity index (χ2n) is 6.06. The molecule has 0 saturated heterocycles. The van der Waals surface area contributed by atoms with Crippen molar-refractivity contribution >= 4 is 30.1 Å². The number of carbonyl (C=O) groups excluding carboxylic acids is 1. The minimum Gasteiger partial charge on any atom is -0.462 e. The fourth-order valence-electron chi connectivity index (χ4n) is 1.94. The normalized spacial score (nSPS) is 16.2. The summed E-state index contributed by atoms with van der Waals surface area (Å²) >= 11 is 3.09. The van der Waals surface area contributed by atoms with E-state index >= 15 is 0 Å². The average molecular weight is 503 g/mol. The second-order valence-corrected chi connectivity index (χ2v) is 7.74. The van der Waals surface area contributed by atoms with Gasteiger partial charge in [-0.1, -0.05) is 21.0 Å².